The molecular formula is C12H23N2O2P. The Labute approximate surface area is 104 Å². The summed E-state index contributed by atoms with van der Waals surface area (Å²) in [5.41, 5.74) is 0.160. The normalized spacial score (nSPS) is 19.6. The quantitative estimate of drug-likeness (QED) is 0.725. The summed E-state index contributed by atoms with van der Waals surface area (Å²) in [6.07, 6.45) is 6.90. The zero-order valence-electron chi connectivity index (χ0n) is 11.6. The van der Waals surface area contributed by atoms with Gasteiger partial charge in [-0.05, 0) is 52.2 Å². The smallest absolute Gasteiger partial charge is 0.394 e. The van der Waals surface area contributed by atoms with Crippen molar-refractivity contribution in [2.45, 2.75) is 20.3 Å². The highest BCUT2D eigenvalue weighted by molar-refractivity contribution is 7.53. The van der Waals surface area contributed by atoms with Crippen LogP contribution >= 0.6 is 7.67 Å². The van der Waals surface area contributed by atoms with Crippen LogP contribution in [-0.4, -0.2) is 37.5 Å². The van der Waals surface area contributed by atoms with E-state index in [1.807, 2.05) is 12.2 Å². The van der Waals surface area contributed by atoms with Crippen LogP contribution in [0.3, 0.4) is 0 Å². The molecule has 1 aliphatic carbocycles. The van der Waals surface area contributed by atoms with Crippen LogP contribution in [0.2, 0.25) is 0 Å². The Morgan fingerprint density at radius 2 is 1.76 bits per heavy atom. The van der Waals surface area contributed by atoms with Gasteiger partial charge in [-0.25, -0.2) is 13.9 Å². The monoisotopic (exact) mass is 258 g/mol. The Kier molecular flexibility index (Phi) is 4.23. The largest absolute Gasteiger partial charge is 0.422 e. The van der Waals surface area contributed by atoms with Crippen molar-refractivity contribution < 1.29 is 9.09 Å². The molecule has 0 saturated heterocycles. The zero-order chi connectivity index (χ0) is 13.3. The first-order chi connectivity index (χ1) is 7.67. The molecule has 0 unspecified atom stereocenters. The van der Waals surface area contributed by atoms with Gasteiger partial charge in [-0.3, -0.25) is 0 Å². The number of hydrogen-bond donors (Lipinski definition) is 0. The average molecular weight is 258 g/mol. The Hall–Kier alpha value is -0.570. The molecule has 5 heteroatoms. The zero-order valence-corrected chi connectivity index (χ0v) is 12.5. The molecular weight excluding hydrogens is 235 g/mol. The molecule has 0 aromatic rings. The summed E-state index contributed by atoms with van der Waals surface area (Å²) in [4.78, 5) is 0. The first-order valence-corrected chi connectivity index (χ1v) is 7.25. The molecule has 0 saturated carbocycles. The number of hydrogen-bond acceptors (Lipinski definition) is 2. The number of nitrogens with zero attached hydrogens (tertiary/aromatic N) is 2. The van der Waals surface area contributed by atoms with Crippen molar-refractivity contribution in [2.24, 2.45) is 5.41 Å². The topological polar surface area (TPSA) is 32.8 Å². The van der Waals surface area contributed by atoms with Crippen molar-refractivity contribution in [3.63, 3.8) is 0 Å². The third-order valence-electron chi connectivity index (χ3n) is 2.76. The molecule has 0 aromatic heterocycles. The molecule has 0 radical (unpaired) electrons. The van der Waals surface area contributed by atoms with Crippen LogP contribution in [-0.2, 0) is 9.09 Å². The first kappa shape index (κ1) is 14.5. The van der Waals surface area contributed by atoms with E-state index in [1.54, 1.807) is 37.5 Å². The lowest BCUT2D eigenvalue weighted by atomic mass is 9.86. The summed E-state index contributed by atoms with van der Waals surface area (Å²) >= 11 is 0. The molecule has 1 aliphatic rings. The third kappa shape index (κ3) is 3.44. The Morgan fingerprint density at radius 3 is 2.12 bits per heavy atom. The molecule has 0 N–H and O–H groups in total. The second-order valence-electron chi connectivity index (χ2n) is 5.41. The van der Waals surface area contributed by atoms with Gasteiger partial charge in [0.25, 0.3) is 0 Å². The van der Waals surface area contributed by atoms with Crippen molar-refractivity contribution >= 4 is 7.67 Å². The molecule has 0 heterocycles. The Morgan fingerprint density at radius 1 is 1.24 bits per heavy atom. The summed E-state index contributed by atoms with van der Waals surface area (Å²) in [5.74, 6) is 0.690. The second-order valence-corrected chi connectivity index (χ2v) is 8.17. The molecule has 98 valence electrons. The number of rotatable bonds is 4. The lowest BCUT2D eigenvalue weighted by Gasteiger charge is -2.31. The average Bonchev–Trinajstić information content (AvgIpc) is 2.20. The molecule has 0 aromatic carbocycles. The summed E-state index contributed by atoms with van der Waals surface area (Å²) < 4.78 is 21.5. The van der Waals surface area contributed by atoms with E-state index in [4.69, 9.17) is 4.52 Å². The van der Waals surface area contributed by atoms with Crippen molar-refractivity contribution in [3.05, 3.63) is 24.0 Å². The third-order valence-corrected chi connectivity index (χ3v) is 5.23. The van der Waals surface area contributed by atoms with Gasteiger partial charge in [0.2, 0.25) is 0 Å². The molecule has 0 spiro atoms. The highest BCUT2D eigenvalue weighted by atomic mass is 31.2. The summed E-state index contributed by atoms with van der Waals surface area (Å²) in [6, 6.07) is 0. The van der Waals surface area contributed by atoms with E-state index in [2.05, 4.69) is 19.9 Å². The van der Waals surface area contributed by atoms with Crippen LogP contribution in [0.15, 0.2) is 24.0 Å². The van der Waals surface area contributed by atoms with E-state index in [-0.39, 0.29) is 5.41 Å². The molecule has 0 amide bonds. The van der Waals surface area contributed by atoms with Gasteiger partial charge < -0.3 is 4.52 Å². The molecule has 0 atom stereocenters. The molecule has 0 aliphatic heterocycles. The minimum absolute atomic E-state index is 0.160. The van der Waals surface area contributed by atoms with E-state index in [0.29, 0.717) is 5.76 Å². The molecule has 0 fully saturated rings. The minimum Gasteiger partial charge on any atom is -0.422 e. The van der Waals surface area contributed by atoms with Crippen LogP contribution in [0.5, 0.6) is 0 Å². The van der Waals surface area contributed by atoms with Crippen LogP contribution < -0.4 is 0 Å². The highest BCUT2D eigenvalue weighted by Gasteiger charge is 2.32. The maximum absolute atomic E-state index is 12.6. The second kappa shape index (κ2) is 4.97. The Bertz CT molecular complexity index is 372. The van der Waals surface area contributed by atoms with Gasteiger partial charge in [0.05, 0.1) is 0 Å². The maximum atomic E-state index is 12.6. The highest BCUT2D eigenvalue weighted by Crippen LogP contribution is 2.53. The van der Waals surface area contributed by atoms with Gasteiger partial charge in [0.1, 0.15) is 5.76 Å². The molecule has 17 heavy (non-hydrogen) atoms. The summed E-state index contributed by atoms with van der Waals surface area (Å²) in [7, 11) is 4.12. The van der Waals surface area contributed by atoms with Gasteiger partial charge in [0.15, 0.2) is 0 Å². The van der Waals surface area contributed by atoms with Crippen LogP contribution in [0.25, 0.3) is 0 Å². The first-order valence-electron chi connectivity index (χ1n) is 5.72. The van der Waals surface area contributed by atoms with E-state index in [1.165, 1.54) is 0 Å². The lowest BCUT2D eigenvalue weighted by Crippen LogP contribution is -2.23. The maximum Gasteiger partial charge on any atom is 0.394 e. The van der Waals surface area contributed by atoms with E-state index in [0.717, 1.165) is 6.42 Å². The Balaban J connectivity index is 2.82. The number of allylic oxidation sites excluding steroid dienone is 3. The van der Waals surface area contributed by atoms with Gasteiger partial charge in [-0.1, -0.05) is 19.9 Å². The standard InChI is InChI=1S/C12H23N2O2P/c1-12(2)9-7-11(8-10-12)16-17(15,13(3)4)14(5)6/h7-9H,10H2,1-6H3. The van der Waals surface area contributed by atoms with Crippen molar-refractivity contribution in [2.75, 3.05) is 28.2 Å². The van der Waals surface area contributed by atoms with E-state index in [9.17, 15) is 4.57 Å². The summed E-state index contributed by atoms with van der Waals surface area (Å²) in [5, 5.41) is 0. The van der Waals surface area contributed by atoms with Crippen LogP contribution in [0.1, 0.15) is 20.3 Å². The molecule has 0 bridgehead atoms. The SMILES string of the molecule is CN(C)P(=O)(OC1=CCC(C)(C)C=C1)N(C)C. The van der Waals surface area contributed by atoms with E-state index < -0.39 is 7.67 Å². The summed E-state index contributed by atoms with van der Waals surface area (Å²) in [6.45, 7) is 4.32. The molecule has 1 rings (SSSR count). The van der Waals surface area contributed by atoms with Gasteiger partial charge in [0, 0.05) is 0 Å². The predicted octanol–water partition coefficient (Wildman–Crippen LogP) is 3.10. The van der Waals surface area contributed by atoms with Gasteiger partial charge >= 0.3 is 7.67 Å². The fraction of sp³-hybridized carbons (Fsp3) is 0.667. The fourth-order valence-electron chi connectivity index (χ4n) is 1.53. The van der Waals surface area contributed by atoms with Gasteiger partial charge in [-0.15, -0.1) is 0 Å². The minimum atomic E-state index is -2.93. The lowest BCUT2D eigenvalue weighted by molar-refractivity contribution is 0.305. The predicted molar refractivity (Wildman–Crippen MR) is 71.7 cm³/mol. The van der Waals surface area contributed by atoms with Crippen LogP contribution in [0, 0.1) is 5.41 Å². The van der Waals surface area contributed by atoms with Crippen molar-refractivity contribution in [1.29, 1.82) is 0 Å². The van der Waals surface area contributed by atoms with Crippen molar-refractivity contribution in [3.8, 4) is 0 Å². The van der Waals surface area contributed by atoms with Crippen molar-refractivity contribution in [1.82, 2.24) is 9.34 Å². The van der Waals surface area contributed by atoms with Gasteiger partial charge in [-0.2, -0.15) is 0 Å². The molecule has 4 nitrogen and oxygen atoms in total. The fourth-order valence-corrected chi connectivity index (χ4v) is 2.99. The van der Waals surface area contributed by atoms with E-state index >= 15 is 0 Å². The van der Waals surface area contributed by atoms with Crippen LogP contribution in [0.4, 0.5) is 0 Å².